The fourth-order valence-electron chi connectivity index (χ4n) is 2.84. The molecule has 6 heteroatoms. The van der Waals surface area contributed by atoms with Gasteiger partial charge in [-0.25, -0.2) is 4.98 Å². The Morgan fingerprint density at radius 1 is 1.16 bits per heavy atom. The monoisotopic (exact) mass is 359 g/mol. The molecule has 0 saturated carbocycles. The number of piperidine rings is 1. The minimum atomic E-state index is -0.0198. The number of hydrogen-bond acceptors (Lipinski definition) is 4. The van der Waals surface area contributed by atoms with Crippen LogP contribution in [0.15, 0.2) is 42.5 Å². The van der Waals surface area contributed by atoms with Crippen LogP contribution in [0, 0.1) is 0 Å². The lowest BCUT2D eigenvalue weighted by Gasteiger charge is -2.32. The van der Waals surface area contributed by atoms with E-state index in [-0.39, 0.29) is 12.0 Å². The highest BCUT2D eigenvalue weighted by atomic mass is 35.5. The predicted molar refractivity (Wildman–Crippen MR) is 99.6 cm³/mol. The quantitative estimate of drug-likeness (QED) is 0.838. The van der Waals surface area contributed by atoms with Crippen molar-refractivity contribution in [2.75, 3.05) is 32.1 Å². The minimum Gasteiger partial charge on any atom is -0.490 e. The molecule has 1 amide bonds. The van der Waals surface area contributed by atoms with E-state index in [1.165, 1.54) is 0 Å². The second kappa shape index (κ2) is 7.74. The highest BCUT2D eigenvalue weighted by Gasteiger charge is 2.25. The lowest BCUT2D eigenvalue weighted by molar-refractivity contribution is 0.0590. The van der Waals surface area contributed by atoms with Gasteiger partial charge in [0.25, 0.3) is 5.91 Å². The van der Waals surface area contributed by atoms with E-state index in [1.54, 1.807) is 6.07 Å². The van der Waals surface area contributed by atoms with Gasteiger partial charge in [0.1, 0.15) is 23.4 Å². The molecule has 0 aliphatic carbocycles. The van der Waals surface area contributed by atoms with E-state index in [0.29, 0.717) is 23.8 Å². The molecular formula is C19H22ClN3O2. The van der Waals surface area contributed by atoms with Crippen molar-refractivity contribution in [2.24, 2.45) is 0 Å². The smallest absolute Gasteiger partial charge is 0.272 e. The number of carbonyl (C=O) groups is 1. The van der Waals surface area contributed by atoms with Gasteiger partial charge < -0.3 is 14.5 Å². The molecule has 25 heavy (non-hydrogen) atoms. The van der Waals surface area contributed by atoms with Crippen molar-refractivity contribution in [3.63, 3.8) is 0 Å². The molecule has 1 fully saturated rings. The maximum atomic E-state index is 12.7. The first kappa shape index (κ1) is 17.5. The van der Waals surface area contributed by atoms with E-state index in [2.05, 4.69) is 4.98 Å². The van der Waals surface area contributed by atoms with Gasteiger partial charge in [-0.15, -0.1) is 0 Å². The zero-order chi connectivity index (χ0) is 17.8. The van der Waals surface area contributed by atoms with Crippen molar-refractivity contribution in [3.05, 3.63) is 53.2 Å². The number of benzene rings is 1. The summed E-state index contributed by atoms with van der Waals surface area (Å²) in [6, 6.07) is 12.9. The number of likely N-dealkylation sites (tertiary alicyclic amines) is 1. The molecular weight excluding hydrogens is 338 g/mol. The third-order valence-electron chi connectivity index (χ3n) is 4.26. The zero-order valence-corrected chi connectivity index (χ0v) is 15.2. The summed E-state index contributed by atoms with van der Waals surface area (Å²) in [6.45, 7) is 1.34. The van der Waals surface area contributed by atoms with Gasteiger partial charge in [-0.05, 0) is 36.4 Å². The van der Waals surface area contributed by atoms with Crippen molar-refractivity contribution in [1.29, 1.82) is 0 Å². The van der Waals surface area contributed by atoms with Gasteiger partial charge in [0.15, 0.2) is 0 Å². The SMILES string of the molecule is CN(C)c1cccc(C(=O)N2CCC(Oc3ccc(Cl)cc3)CC2)n1. The second-order valence-electron chi connectivity index (χ2n) is 6.34. The second-order valence-corrected chi connectivity index (χ2v) is 6.78. The van der Waals surface area contributed by atoms with E-state index < -0.39 is 0 Å². The number of ether oxygens (including phenoxy) is 1. The van der Waals surface area contributed by atoms with Gasteiger partial charge in [0.2, 0.25) is 0 Å². The summed E-state index contributed by atoms with van der Waals surface area (Å²) in [7, 11) is 3.83. The molecule has 3 rings (SSSR count). The summed E-state index contributed by atoms with van der Waals surface area (Å²) < 4.78 is 5.98. The Bertz CT molecular complexity index is 726. The maximum Gasteiger partial charge on any atom is 0.272 e. The van der Waals surface area contributed by atoms with Gasteiger partial charge in [0.05, 0.1) is 0 Å². The number of anilines is 1. The number of aromatic nitrogens is 1. The van der Waals surface area contributed by atoms with E-state index in [9.17, 15) is 4.79 Å². The first-order chi connectivity index (χ1) is 12.0. The van der Waals surface area contributed by atoms with Crippen LogP contribution < -0.4 is 9.64 Å². The third kappa shape index (κ3) is 4.42. The number of carbonyl (C=O) groups excluding carboxylic acids is 1. The molecule has 2 aromatic rings. The van der Waals surface area contributed by atoms with Crippen LogP contribution in [0.25, 0.3) is 0 Å². The Labute approximate surface area is 153 Å². The topological polar surface area (TPSA) is 45.7 Å². The Morgan fingerprint density at radius 2 is 1.84 bits per heavy atom. The Balaban J connectivity index is 1.57. The van der Waals surface area contributed by atoms with Crippen molar-refractivity contribution >= 4 is 23.3 Å². The van der Waals surface area contributed by atoms with Gasteiger partial charge in [0, 0.05) is 45.0 Å². The normalized spacial score (nSPS) is 15.1. The van der Waals surface area contributed by atoms with Crippen molar-refractivity contribution < 1.29 is 9.53 Å². The molecule has 1 aromatic heterocycles. The Morgan fingerprint density at radius 3 is 2.48 bits per heavy atom. The van der Waals surface area contributed by atoms with Crippen LogP contribution in [0.3, 0.4) is 0 Å². The minimum absolute atomic E-state index is 0.0198. The van der Waals surface area contributed by atoms with Crippen molar-refractivity contribution in [2.45, 2.75) is 18.9 Å². The Hall–Kier alpha value is -2.27. The van der Waals surface area contributed by atoms with Crippen LogP contribution >= 0.6 is 11.6 Å². The average Bonchev–Trinajstić information content (AvgIpc) is 2.64. The van der Waals surface area contributed by atoms with Gasteiger partial charge in [-0.1, -0.05) is 17.7 Å². The van der Waals surface area contributed by atoms with Crippen LogP contribution in [0.5, 0.6) is 5.75 Å². The van der Waals surface area contributed by atoms with E-state index in [0.717, 1.165) is 24.4 Å². The molecule has 0 bridgehead atoms. The molecule has 132 valence electrons. The lowest BCUT2D eigenvalue weighted by atomic mass is 10.1. The highest BCUT2D eigenvalue weighted by Crippen LogP contribution is 2.22. The first-order valence-electron chi connectivity index (χ1n) is 8.39. The molecule has 5 nitrogen and oxygen atoms in total. The lowest BCUT2D eigenvalue weighted by Crippen LogP contribution is -2.42. The van der Waals surface area contributed by atoms with Crippen LogP contribution in [-0.4, -0.2) is 49.1 Å². The molecule has 2 heterocycles. The van der Waals surface area contributed by atoms with Crippen molar-refractivity contribution in [1.82, 2.24) is 9.88 Å². The number of nitrogens with zero attached hydrogens (tertiary/aromatic N) is 3. The fourth-order valence-corrected chi connectivity index (χ4v) is 2.96. The molecule has 1 aliphatic heterocycles. The predicted octanol–water partition coefficient (Wildman–Crippen LogP) is 3.48. The summed E-state index contributed by atoms with van der Waals surface area (Å²) in [4.78, 5) is 20.8. The van der Waals surface area contributed by atoms with Gasteiger partial charge in [-0.2, -0.15) is 0 Å². The molecule has 0 radical (unpaired) electrons. The van der Waals surface area contributed by atoms with Gasteiger partial charge >= 0.3 is 0 Å². The highest BCUT2D eigenvalue weighted by molar-refractivity contribution is 6.30. The molecule has 0 atom stereocenters. The maximum absolute atomic E-state index is 12.7. The molecule has 1 aromatic carbocycles. The summed E-state index contributed by atoms with van der Waals surface area (Å²) in [5.74, 6) is 1.58. The molecule has 0 N–H and O–H groups in total. The van der Waals surface area contributed by atoms with Crippen LogP contribution in [0.1, 0.15) is 23.3 Å². The number of halogens is 1. The number of rotatable bonds is 4. The van der Waals surface area contributed by atoms with Crippen molar-refractivity contribution in [3.8, 4) is 5.75 Å². The summed E-state index contributed by atoms with van der Waals surface area (Å²) in [5.41, 5.74) is 0.489. The fraction of sp³-hybridized carbons (Fsp3) is 0.368. The standard InChI is InChI=1S/C19H22ClN3O2/c1-22(2)18-5-3-4-17(21-18)19(24)23-12-10-16(11-13-23)25-15-8-6-14(20)7-9-15/h3-9,16H,10-13H2,1-2H3. The summed E-state index contributed by atoms with van der Waals surface area (Å²) >= 11 is 5.89. The number of hydrogen-bond donors (Lipinski definition) is 0. The molecule has 1 saturated heterocycles. The van der Waals surface area contributed by atoms with Crippen LogP contribution in [0.2, 0.25) is 5.02 Å². The average molecular weight is 360 g/mol. The summed E-state index contributed by atoms with van der Waals surface area (Å²) in [5, 5.41) is 0.695. The largest absolute Gasteiger partial charge is 0.490 e. The first-order valence-corrected chi connectivity index (χ1v) is 8.76. The van der Waals surface area contributed by atoms with E-state index in [4.69, 9.17) is 16.3 Å². The number of amides is 1. The molecule has 0 unspecified atom stereocenters. The van der Waals surface area contributed by atoms with Gasteiger partial charge in [-0.3, -0.25) is 4.79 Å². The van der Waals surface area contributed by atoms with E-state index >= 15 is 0 Å². The molecule has 1 aliphatic rings. The van der Waals surface area contributed by atoms with Crippen LogP contribution in [0.4, 0.5) is 5.82 Å². The Kier molecular flexibility index (Phi) is 5.43. The number of pyridine rings is 1. The zero-order valence-electron chi connectivity index (χ0n) is 14.5. The third-order valence-corrected chi connectivity index (χ3v) is 4.51. The molecule has 0 spiro atoms. The van der Waals surface area contributed by atoms with E-state index in [1.807, 2.05) is 60.3 Å². The van der Waals surface area contributed by atoms with Crippen LogP contribution in [-0.2, 0) is 0 Å². The summed E-state index contributed by atoms with van der Waals surface area (Å²) in [6.07, 6.45) is 1.73.